The van der Waals surface area contributed by atoms with Crippen LogP contribution in [-0.4, -0.2) is 34.9 Å². The van der Waals surface area contributed by atoms with Crippen molar-refractivity contribution in [1.29, 1.82) is 0 Å². The van der Waals surface area contributed by atoms with Gasteiger partial charge in [-0.3, -0.25) is 4.57 Å². The second kappa shape index (κ2) is 7.06. The van der Waals surface area contributed by atoms with Gasteiger partial charge in [0.25, 0.3) is 0 Å². The van der Waals surface area contributed by atoms with Gasteiger partial charge in [0.1, 0.15) is 23.6 Å². The summed E-state index contributed by atoms with van der Waals surface area (Å²) < 4.78 is 18.4. The number of ether oxygens (including phenoxy) is 3. The molecule has 2 aromatic heterocycles. The number of nitrogens with one attached hydrogen (secondary N) is 1. The Morgan fingerprint density at radius 1 is 1.22 bits per heavy atom. The maximum atomic E-state index is 12.5. The molecule has 0 fully saturated rings. The highest BCUT2D eigenvalue weighted by Gasteiger charge is 2.14. The van der Waals surface area contributed by atoms with Gasteiger partial charge in [-0.1, -0.05) is 12.2 Å². The molecule has 27 heavy (non-hydrogen) atoms. The first kappa shape index (κ1) is 17.0. The largest absolute Gasteiger partial charge is 0.497 e. The van der Waals surface area contributed by atoms with E-state index in [-0.39, 0.29) is 11.5 Å². The number of anilines is 1. The number of nitrogens with zero attached hydrogens (tertiary/aromatic N) is 2. The summed E-state index contributed by atoms with van der Waals surface area (Å²) in [6, 6.07) is 7.30. The average Bonchev–Trinajstić information content (AvgIpc) is 2.96. The minimum atomic E-state index is -0.271. The fourth-order valence-corrected chi connectivity index (χ4v) is 3.05. The number of hydrogen-bond acceptors (Lipinski definition) is 6. The molecule has 0 aliphatic carbocycles. The van der Waals surface area contributed by atoms with Crippen LogP contribution in [0.3, 0.4) is 0 Å². The zero-order valence-electron chi connectivity index (χ0n) is 14.9. The van der Waals surface area contributed by atoms with Crippen molar-refractivity contribution in [2.45, 2.75) is 13.0 Å². The van der Waals surface area contributed by atoms with Crippen LogP contribution in [0, 0.1) is 0 Å². The Hall–Kier alpha value is -3.42. The van der Waals surface area contributed by atoms with Gasteiger partial charge in [0, 0.05) is 12.1 Å². The molecule has 3 aromatic rings. The Kier molecular flexibility index (Phi) is 4.45. The minimum absolute atomic E-state index is 0.230. The van der Waals surface area contributed by atoms with Crippen LogP contribution in [0.5, 0.6) is 17.4 Å². The Morgan fingerprint density at radius 3 is 2.96 bits per heavy atom. The third-order valence-corrected chi connectivity index (χ3v) is 4.33. The van der Waals surface area contributed by atoms with E-state index in [1.165, 1.54) is 0 Å². The summed E-state index contributed by atoms with van der Waals surface area (Å²) in [6.45, 7) is 1.20. The molecule has 1 aromatic carbocycles. The molecule has 8 heteroatoms. The number of aromatic nitrogens is 3. The molecule has 4 rings (SSSR count). The topological polar surface area (TPSA) is 104 Å². The van der Waals surface area contributed by atoms with Crippen molar-refractivity contribution in [2.75, 3.05) is 26.1 Å². The molecular weight excluding hydrogens is 348 g/mol. The van der Waals surface area contributed by atoms with Gasteiger partial charge < -0.3 is 24.9 Å². The van der Waals surface area contributed by atoms with Crippen molar-refractivity contribution in [3.05, 3.63) is 52.5 Å². The molecule has 8 nitrogen and oxygen atoms in total. The molecule has 0 amide bonds. The van der Waals surface area contributed by atoms with Gasteiger partial charge in [0.2, 0.25) is 5.88 Å². The van der Waals surface area contributed by atoms with E-state index in [0.717, 1.165) is 5.56 Å². The average molecular weight is 368 g/mol. The molecule has 1 aliphatic heterocycles. The second-order valence-corrected chi connectivity index (χ2v) is 6.19. The van der Waals surface area contributed by atoms with Crippen LogP contribution in [0.1, 0.15) is 12.0 Å². The van der Waals surface area contributed by atoms with Gasteiger partial charge in [0.15, 0.2) is 5.82 Å². The first-order valence-electron chi connectivity index (χ1n) is 8.61. The molecule has 0 radical (unpaired) electrons. The molecule has 0 unspecified atom stereocenters. The van der Waals surface area contributed by atoms with E-state index in [1.807, 2.05) is 30.4 Å². The fraction of sp³-hybridized carbons (Fsp3) is 0.263. The van der Waals surface area contributed by atoms with E-state index in [4.69, 9.17) is 19.9 Å². The van der Waals surface area contributed by atoms with E-state index in [0.29, 0.717) is 54.6 Å². The number of H-pyrrole nitrogens is 1. The number of benzene rings is 1. The van der Waals surface area contributed by atoms with Gasteiger partial charge >= 0.3 is 5.69 Å². The van der Waals surface area contributed by atoms with E-state index < -0.39 is 0 Å². The minimum Gasteiger partial charge on any atom is -0.497 e. The lowest BCUT2D eigenvalue weighted by Gasteiger charge is -2.11. The first-order valence-corrected chi connectivity index (χ1v) is 8.61. The van der Waals surface area contributed by atoms with Crippen molar-refractivity contribution in [3.63, 3.8) is 0 Å². The number of pyridine rings is 1. The molecule has 0 atom stereocenters. The molecule has 3 N–H and O–H groups in total. The summed E-state index contributed by atoms with van der Waals surface area (Å²) in [7, 11) is 1.60. The number of rotatable bonds is 1. The van der Waals surface area contributed by atoms with Crippen LogP contribution in [0.15, 0.2) is 41.2 Å². The summed E-state index contributed by atoms with van der Waals surface area (Å²) >= 11 is 0. The molecule has 0 saturated carbocycles. The lowest BCUT2D eigenvalue weighted by Crippen LogP contribution is -2.17. The van der Waals surface area contributed by atoms with Crippen molar-refractivity contribution >= 4 is 16.9 Å². The molecular formula is C19H20N4O4. The van der Waals surface area contributed by atoms with Gasteiger partial charge in [-0.25, -0.2) is 4.79 Å². The van der Waals surface area contributed by atoms with Crippen molar-refractivity contribution < 1.29 is 14.2 Å². The Labute approximate surface area is 155 Å². The number of aromatic amines is 1. The van der Waals surface area contributed by atoms with Gasteiger partial charge in [-0.05, 0) is 24.1 Å². The monoisotopic (exact) mass is 368 g/mol. The number of fused-ring (bicyclic) bond motifs is 3. The van der Waals surface area contributed by atoms with Gasteiger partial charge in [-0.15, -0.1) is 0 Å². The van der Waals surface area contributed by atoms with Crippen molar-refractivity contribution in [2.24, 2.45) is 0 Å². The summed E-state index contributed by atoms with van der Waals surface area (Å²) in [5.74, 6) is 1.95. The SMILES string of the molecule is COc1cc2cc(c1)OC/C=C/CCOc1cc3c([nH]c(=O)n3C2)c(N)n1. The van der Waals surface area contributed by atoms with Crippen molar-refractivity contribution in [3.8, 4) is 17.4 Å². The molecule has 4 bridgehead atoms. The Bertz CT molecular complexity index is 1070. The van der Waals surface area contributed by atoms with Gasteiger partial charge in [0.05, 0.1) is 25.8 Å². The molecule has 0 saturated heterocycles. The molecule has 1 aliphatic rings. The zero-order chi connectivity index (χ0) is 18.8. The number of imidazole rings is 1. The van der Waals surface area contributed by atoms with Crippen molar-refractivity contribution in [1.82, 2.24) is 14.5 Å². The zero-order valence-corrected chi connectivity index (χ0v) is 14.9. The fourth-order valence-electron chi connectivity index (χ4n) is 3.05. The highest BCUT2D eigenvalue weighted by Crippen LogP contribution is 2.26. The quantitative estimate of drug-likeness (QED) is 0.637. The predicted octanol–water partition coefficient (Wildman–Crippen LogP) is 2.08. The van der Waals surface area contributed by atoms with Crippen LogP contribution < -0.4 is 25.6 Å². The lowest BCUT2D eigenvalue weighted by molar-refractivity contribution is 0.312. The molecule has 3 heterocycles. The summed E-state index contributed by atoms with van der Waals surface area (Å²) in [6.07, 6.45) is 4.61. The molecule has 0 spiro atoms. The highest BCUT2D eigenvalue weighted by molar-refractivity contribution is 5.85. The third-order valence-electron chi connectivity index (χ3n) is 4.33. The van der Waals surface area contributed by atoms with Crippen LogP contribution in [0.25, 0.3) is 11.0 Å². The van der Waals surface area contributed by atoms with E-state index >= 15 is 0 Å². The smallest absolute Gasteiger partial charge is 0.326 e. The standard InChI is InChI=1S/C19H20N4O4/c1-25-13-7-12-8-14(9-13)26-5-3-2-4-6-27-16-10-15-17(18(20)21-16)22-19(24)23(15)11-12/h2-3,7-10H,4-6,11H2,1H3,(H2,20,21)(H,22,24)/b3-2+. The van der Waals surface area contributed by atoms with E-state index in [9.17, 15) is 4.79 Å². The lowest BCUT2D eigenvalue weighted by atomic mass is 10.2. The number of nitrogens with two attached hydrogens (primary N) is 1. The predicted molar refractivity (Wildman–Crippen MR) is 102 cm³/mol. The van der Waals surface area contributed by atoms with Gasteiger partial charge in [-0.2, -0.15) is 4.98 Å². The highest BCUT2D eigenvalue weighted by atomic mass is 16.5. The van der Waals surface area contributed by atoms with Crippen LogP contribution in [0.2, 0.25) is 0 Å². The number of methoxy groups -OCH3 is 1. The van der Waals surface area contributed by atoms with E-state index in [2.05, 4.69) is 9.97 Å². The number of nitrogen functional groups attached to an aromatic ring is 1. The first-order chi connectivity index (χ1) is 13.1. The third kappa shape index (κ3) is 3.46. The second-order valence-electron chi connectivity index (χ2n) is 6.19. The summed E-state index contributed by atoms with van der Waals surface area (Å²) in [4.78, 5) is 19.5. The number of hydrogen-bond donors (Lipinski definition) is 2. The maximum absolute atomic E-state index is 12.5. The summed E-state index contributed by atoms with van der Waals surface area (Å²) in [5, 5.41) is 0. The van der Waals surface area contributed by atoms with Crippen LogP contribution in [-0.2, 0) is 6.54 Å². The van der Waals surface area contributed by atoms with Crippen LogP contribution >= 0.6 is 0 Å². The maximum Gasteiger partial charge on any atom is 0.326 e. The Balaban J connectivity index is 1.86. The normalized spacial score (nSPS) is 15.4. The van der Waals surface area contributed by atoms with Crippen LogP contribution in [0.4, 0.5) is 5.82 Å². The molecule has 140 valence electrons. The van der Waals surface area contributed by atoms with E-state index in [1.54, 1.807) is 17.7 Å². The summed E-state index contributed by atoms with van der Waals surface area (Å²) in [5.41, 5.74) is 7.74. The Morgan fingerprint density at radius 2 is 2.11 bits per heavy atom.